The third-order valence-electron chi connectivity index (χ3n) is 4.98. The summed E-state index contributed by atoms with van der Waals surface area (Å²) in [5, 5.41) is 3.05. The summed E-state index contributed by atoms with van der Waals surface area (Å²) >= 11 is 0. The van der Waals surface area contributed by atoms with Crippen LogP contribution in [0.25, 0.3) is 11.0 Å². The Morgan fingerprint density at radius 2 is 1.85 bits per heavy atom. The molecular formula is C23H29N3O. The van der Waals surface area contributed by atoms with Crippen molar-refractivity contribution in [2.45, 2.75) is 52.5 Å². The van der Waals surface area contributed by atoms with Gasteiger partial charge in [-0.25, -0.2) is 4.98 Å². The number of carbonyl (C=O) groups is 1. The van der Waals surface area contributed by atoms with Gasteiger partial charge in [0.15, 0.2) is 0 Å². The van der Waals surface area contributed by atoms with E-state index in [-0.39, 0.29) is 5.91 Å². The molecule has 0 atom stereocenters. The van der Waals surface area contributed by atoms with Crippen LogP contribution in [-0.4, -0.2) is 22.0 Å². The van der Waals surface area contributed by atoms with E-state index >= 15 is 0 Å². The van der Waals surface area contributed by atoms with Gasteiger partial charge in [-0.2, -0.15) is 0 Å². The molecule has 0 spiro atoms. The molecule has 1 amide bonds. The first-order chi connectivity index (χ1) is 13.2. The van der Waals surface area contributed by atoms with E-state index in [1.165, 1.54) is 11.9 Å². The molecule has 3 rings (SSSR count). The molecule has 0 saturated carbocycles. The van der Waals surface area contributed by atoms with Crippen LogP contribution in [0.3, 0.4) is 0 Å². The largest absolute Gasteiger partial charge is 0.356 e. The molecule has 4 nitrogen and oxygen atoms in total. The fourth-order valence-corrected chi connectivity index (χ4v) is 3.40. The minimum absolute atomic E-state index is 0.0868. The molecule has 0 saturated heterocycles. The normalized spacial score (nSPS) is 11.0. The van der Waals surface area contributed by atoms with E-state index in [1.807, 2.05) is 37.3 Å². The van der Waals surface area contributed by atoms with Crippen molar-refractivity contribution in [3.05, 3.63) is 65.5 Å². The van der Waals surface area contributed by atoms with E-state index in [2.05, 4.69) is 35.0 Å². The van der Waals surface area contributed by atoms with Crippen LogP contribution in [0.1, 0.15) is 43.1 Å². The summed E-state index contributed by atoms with van der Waals surface area (Å²) < 4.78 is 2.34. The topological polar surface area (TPSA) is 46.9 Å². The van der Waals surface area contributed by atoms with E-state index in [0.717, 1.165) is 48.3 Å². The SMILES string of the molecule is CCCCn1c(CCCNC(=O)Cc2ccccc2C)nc2ccccc21. The summed E-state index contributed by atoms with van der Waals surface area (Å²) in [6, 6.07) is 16.4. The number of aryl methyl sites for hydroxylation is 3. The molecule has 3 aromatic rings. The maximum Gasteiger partial charge on any atom is 0.224 e. The number of imidazole rings is 1. The molecular weight excluding hydrogens is 334 g/mol. The van der Waals surface area contributed by atoms with Crippen LogP contribution in [0.2, 0.25) is 0 Å². The zero-order chi connectivity index (χ0) is 19.1. The Morgan fingerprint density at radius 1 is 1.07 bits per heavy atom. The van der Waals surface area contributed by atoms with Crippen LogP contribution in [0.4, 0.5) is 0 Å². The number of amides is 1. The highest BCUT2D eigenvalue weighted by Gasteiger charge is 2.10. The van der Waals surface area contributed by atoms with E-state index < -0.39 is 0 Å². The summed E-state index contributed by atoms with van der Waals surface area (Å²) in [5.74, 6) is 1.21. The Hall–Kier alpha value is -2.62. The lowest BCUT2D eigenvalue weighted by atomic mass is 10.1. The molecule has 0 aliphatic heterocycles. The zero-order valence-electron chi connectivity index (χ0n) is 16.4. The molecule has 27 heavy (non-hydrogen) atoms. The average Bonchev–Trinajstić information content (AvgIpc) is 3.03. The summed E-state index contributed by atoms with van der Waals surface area (Å²) in [6.45, 7) is 5.94. The first kappa shape index (κ1) is 19.2. The molecule has 1 aromatic heterocycles. The van der Waals surface area contributed by atoms with Gasteiger partial charge in [0.05, 0.1) is 17.5 Å². The van der Waals surface area contributed by atoms with Crippen molar-refractivity contribution in [3.8, 4) is 0 Å². The summed E-state index contributed by atoms with van der Waals surface area (Å²) in [7, 11) is 0. The molecule has 1 N–H and O–H groups in total. The van der Waals surface area contributed by atoms with Crippen LogP contribution in [0.15, 0.2) is 48.5 Å². The van der Waals surface area contributed by atoms with Gasteiger partial charge in [-0.3, -0.25) is 4.79 Å². The number of hydrogen-bond donors (Lipinski definition) is 1. The van der Waals surface area contributed by atoms with Crippen molar-refractivity contribution in [2.75, 3.05) is 6.54 Å². The highest BCUT2D eigenvalue weighted by molar-refractivity contribution is 5.79. The molecule has 0 fully saturated rings. The van der Waals surface area contributed by atoms with E-state index in [1.54, 1.807) is 0 Å². The number of aromatic nitrogens is 2. The summed E-state index contributed by atoms with van der Waals surface area (Å²) in [5.41, 5.74) is 4.53. The van der Waals surface area contributed by atoms with Crippen molar-refractivity contribution in [1.29, 1.82) is 0 Å². The number of benzene rings is 2. The summed E-state index contributed by atoms with van der Waals surface area (Å²) in [4.78, 5) is 17.0. The Bertz CT molecular complexity index is 898. The van der Waals surface area contributed by atoms with Gasteiger partial charge in [0.1, 0.15) is 5.82 Å². The maximum atomic E-state index is 12.2. The highest BCUT2D eigenvalue weighted by atomic mass is 16.1. The number of fused-ring (bicyclic) bond motifs is 1. The second-order valence-electron chi connectivity index (χ2n) is 7.08. The summed E-state index contributed by atoms with van der Waals surface area (Å²) in [6.07, 6.45) is 4.54. The van der Waals surface area contributed by atoms with Gasteiger partial charge in [0, 0.05) is 19.5 Å². The monoisotopic (exact) mass is 363 g/mol. The van der Waals surface area contributed by atoms with E-state index in [0.29, 0.717) is 13.0 Å². The number of nitrogens with zero attached hydrogens (tertiary/aromatic N) is 2. The van der Waals surface area contributed by atoms with Gasteiger partial charge >= 0.3 is 0 Å². The van der Waals surface area contributed by atoms with Crippen LogP contribution in [0.5, 0.6) is 0 Å². The lowest BCUT2D eigenvalue weighted by molar-refractivity contribution is -0.120. The first-order valence-corrected chi connectivity index (χ1v) is 9.94. The third-order valence-corrected chi connectivity index (χ3v) is 4.98. The second-order valence-corrected chi connectivity index (χ2v) is 7.08. The van der Waals surface area contributed by atoms with Gasteiger partial charge in [-0.05, 0) is 43.0 Å². The van der Waals surface area contributed by atoms with Crippen molar-refractivity contribution < 1.29 is 4.79 Å². The van der Waals surface area contributed by atoms with E-state index in [9.17, 15) is 4.79 Å². The Balaban J connectivity index is 1.54. The molecule has 2 aromatic carbocycles. The molecule has 4 heteroatoms. The molecule has 0 bridgehead atoms. The Morgan fingerprint density at radius 3 is 2.67 bits per heavy atom. The molecule has 0 aliphatic carbocycles. The molecule has 142 valence electrons. The smallest absolute Gasteiger partial charge is 0.224 e. The predicted molar refractivity (Wildman–Crippen MR) is 111 cm³/mol. The number of unbranched alkanes of at least 4 members (excludes halogenated alkanes) is 1. The number of para-hydroxylation sites is 2. The van der Waals surface area contributed by atoms with Crippen LogP contribution in [0, 0.1) is 6.92 Å². The van der Waals surface area contributed by atoms with Crippen molar-refractivity contribution in [3.63, 3.8) is 0 Å². The molecule has 1 heterocycles. The lowest BCUT2D eigenvalue weighted by Gasteiger charge is -2.10. The highest BCUT2D eigenvalue weighted by Crippen LogP contribution is 2.18. The maximum absolute atomic E-state index is 12.2. The number of nitrogens with one attached hydrogen (secondary N) is 1. The molecule has 0 radical (unpaired) electrons. The fourth-order valence-electron chi connectivity index (χ4n) is 3.40. The molecule has 0 unspecified atom stereocenters. The zero-order valence-corrected chi connectivity index (χ0v) is 16.4. The quantitative estimate of drug-likeness (QED) is 0.572. The number of carbonyl (C=O) groups excluding carboxylic acids is 1. The van der Waals surface area contributed by atoms with Gasteiger partial charge in [0.25, 0.3) is 0 Å². The van der Waals surface area contributed by atoms with Crippen LogP contribution >= 0.6 is 0 Å². The third kappa shape index (κ3) is 4.97. The predicted octanol–water partition coefficient (Wildman–Crippen LogP) is 4.44. The Kier molecular flexibility index (Phi) is 6.64. The van der Waals surface area contributed by atoms with Crippen molar-refractivity contribution in [2.24, 2.45) is 0 Å². The van der Waals surface area contributed by atoms with E-state index in [4.69, 9.17) is 4.98 Å². The average molecular weight is 364 g/mol. The van der Waals surface area contributed by atoms with Crippen molar-refractivity contribution in [1.82, 2.24) is 14.9 Å². The number of hydrogen-bond acceptors (Lipinski definition) is 2. The van der Waals surface area contributed by atoms with Crippen LogP contribution in [-0.2, 0) is 24.2 Å². The fraction of sp³-hybridized carbons (Fsp3) is 0.391. The van der Waals surface area contributed by atoms with Gasteiger partial charge in [-0.15, -0.1) is 0 Å². The van der Waals surface area contributed by atoms with Gasteiger partial charge < -0.3 is 9.88 Å². The van der Waals surface area contributed by atoms with Crippen molar-refractivity contribution >= 4 is 16.9 Å². The van der Waals surface area contributed by atoms with Crippen LogP contribution < -0.4 is 5.32 Å². The number of rotatable bonds is 9. The first-order valence-electron chi connectivity index (χ1n) is 9.94. The lowest BCUT2D eigenvalue weighted by Crippen LogP contribution is -2.26. The minimum Gasteiger partial charge on any atom is -0.356 e. The van der Waals surface area contributed by atoms with Gasteiger partial charge in [-0.1, -0.05) is 49.7 Å². The standard InChI is InChI=1S/C23H29N3O/c1-3-4-16-26-21-13-8-7-12-20(21)25-22(26)14-9-15-24-23(27)17-19-11-6-5-10-18(19)2/h5-8,10-13H,3-4,9,14-17H2,1-2H3,(H,24,27). The van der Waals surface area contributed by atoms with Gasteiger partial charge in [0.2, 0.25) is 5.91 Å². The minimum atomic E-state index is 0.0868. The second kappa shape index (κ2) is 9.36. The Labute approximate surface area is 161 Å². The molecule has 0 aliphatic rings.